The molecule has 4 atom stereocenters. The molecule has 4 unspecified atom stereocenters. The first-order valence-corrected chi connectivity index (χ1v) is 17.6. The standard InChI is InChI=1S/C47H30O/c1-21-33-22(2)35-28-16-8-10-18-30(28)39-32-20-24-12-4-6-14-26(24)37(32)46-44(42(35)39)40(33)43-41-34(21)27-15-7-9-17-29(27)38(41)31-19-23-11-3-5-13-25(23)36(31)45(43)47(46)48/h3-18,38-39,45-46H,19-20H2,1-2H3. The van der Waals surface area contributed by atoms with Crippen LogP contribution in [-0.4, -0.2) is 5.78 Å². The summed E-state index contributed by atoms with van der Waals surface area (Å²) in [4.78, 5) is 16.0. The van der Waals surface area contributed by atoms with E-state index in [4.69, 9.17) is 0 Å². The predicted octanol–water partition coefficient (Wildman–Crippen LogP) is 10.5. The third-order valence-corrected chi connectivity index (χ3v) is 13.6. The summed E-state index contributed by atoms with van der Waals surface area (Å²) in [6.45, 7) is 4.78. The summed E-state index contributed by atoms with van der Waals surface area (Å²) in [5.74, 6) is 0.317. The molecule has 0 saturated heterocycles. The molecule has 1 nitrogen and oxygen atoms in total. The number of hydrogen-bond donors (Lipinski definition) is 0. The molecule has 7 aliphatic rings. The van der Waals surface area contributed by atoms with Gasteiger partial charge in [0, 0.05) is 11.8 Å². The van der Waals surface area contributed by atoms with Crippen LogP contribution in [0, 0.1) is 13.8 Å². The first-order valence-electron chi connectivity index (χ1n) is 17.6. The molecule has 13 rings (SSSR count). The van der Waals surface area contributed by atoms with Gasteiger partial charge in [0.15, 0.2) is 5.78 Å². The molecule has 0 fully saturated rings. The second-order valence-electron chi connectivity index (χ2n) is 15.3. The molecule has 0 N–H and O–H groups in total. The first-order chi connectivity index (χ1) is 23.6. The van der Waals surface area contributed by atoms with E-state index in [0.717, 1.165) is 12.8 Å². The maximum absolute atomic E-state index is 16.0. The highest BCUT2D eigenvalue weighted by molar-refractivity contribution is 6.23. The molecule has 7 aliphatic carbocycles. The van der Waals surface area contributed by atoms with Crippen molar-refractivity contribution in [2.24, 2.45) is 0 Å². The summed E-state index contributed by atoms with van der Waals surface area (Å²) in [5.41, 5.74) is 27.7. The van der Waals surface area contributed by atoms with Crippen LogP contribution in [0.1, 0.15) is 90.4 Å². The molecule has 0 aromatic heterocycles. The zero-order chi connectivity index (χ0) is 31.3. The molecule has 0 radical (unpaired) electrons. The number of benzene rings is 6. The van der Waals surface area contributed by atoms with E-state index in [1.54, 1.807) is 0 Å². The van der Waals surface area contributed by atoms with Crippen molar-refractivity contribution in [3.63, 3.8) is 0 Å². The van der Waals surface area contributed by atoms with E-state index in [2.05, 4.69) is 111 Å². The molecule has 0 saturated carbocycles. The SMILES string of the molecule is Cc1c2c3c4c5c6c7c(c(C)c15)-c1ccccc1C7C1=C(c5ccccc5C1)C6C(=O)C4C1=C(Cc4ccccc41)C3c1ccccc1-2. The fourth-order valence-electron chi connectivity index (χ4n) is 12.2. The Labute approximate surface area is 279 Å². The van der Waals surface area contributed by atoms with Gasteiger partial charge in [0.25, 0.3) is 0 Å². The van der Waals surface area contributed by atoms with Crippen LogP contribution in [0.4, 0.5) is 0 Å². The van der Waals surface area contributed by atoms with Crippen molar-refractivity contribution >= 4 is 27.7 Å². The average Bonchev–Trinajstić information content (AvgIpc) is 3.86. The fraction of sp³-hybridized carbons (Fsp3) is 0.170. The molecule has 0 heterocycles. The Kier molecular flexibility index (Phi) is 4.08. The normalized spacial score (nSPS) is 23.3. The predicted molar refractivity (Wildman–Crippen MR) is 193 cm³/mol. The number of carbonyl (C=O) groups is 1. The average molecular weight is 611 g/mol. The van der Waals surface area contributed by atoms with Crippen molar-refractivity contribution in [3.05, 3.63) is 175 Å². The summed E-state index contributed by atoms with van der Waals surface area (Å²) in [6.07, 6.45) is 1.86. The van der Waals surface area contributed by atoms with E-state index in [0.29, 0.717) is 5.78 Å². The molecule has 0 spiro atoms. The zero-order valence-electron chi connectivity index (χ0n) is 26.9. The van der Waals surface area contributed by atoms with Crippen LogP contribution in [-0.2, 0) is 17.6 Å². The van der Waals surface area contributed by atoms with Crippen LogP contribution in [0.5, 0.6) is 0 Å². The fourth-order valence-corrected chi connectivity index (χ4v) is 12.2. The Bertz CT molecular complexity index is 2550. The molecular weight excluding hydrogens is 581 g/mol. The van der Waals surface area contributed by atoms with Crippen molar-refractivity contribution in [1.82, 2.24) is 0 Å². The van der Waals surface area contributed by atoms with Crippen molar-refractivity contribution in [2.75, 3.05) is 0 Å². The van der Waals surface area contributed by atoms with E-state index in [1.807, 2.05) is 0 Å². The van der Waals surface area contributed by atoms with Crippen molar-refractivity contribution in [2.45, 2.75) is 50.4 Å². The Morgan fingerprint density at radius 3 is 1.35 bits per heavy atom. The molecule has 0 aliphatic heterocycles. The number of Topliss-reactive ketones (excluding diaryl/α,β-unsaturated/α-hetero) is 1. The highest BCUT2D eigenvalue weighted by atomic mass is 16.1. The van der Waals surface area contributed by atoms with Crippen molar-refractivity contribution in [1.29, 1.82) is 0 Å². The van der Waals surface area contributed by atoms with Gasteiger partial charge in [-0.2, -0.15) is 0 Å². The van der Waals surface area contributed by atoms with E-state index < -0.39 is 0 Å². The van der Waals surface area contributed by atoms with E-state index >= 15 is 4.79 Å². The van der Waals surface area contributed by atoms with Gasteiger partial charge >= 0.3 is 0 Å². The van der Waals surface area contributed by atoms with Crippen LogP contribution in [0.25, 0.3) is 44.2 Å². The molecule has 6 aromatic carbocycles. The Balaban J connectivity index is 1.28. The first kappa shape index (κ1) is 24.8. The van der Waals surface area contributed by atoms with Crippen molar-refractivity contribution < 1.29 is 4.79 Å². The second-order valence-corrected chi connectivity index (χ2v) is 15.3. The molecule has 0 bridgehead atoms. The molecule has 0 amide bonds. The molecular formula is C47H30O. The lowest BCUT2D eigenvalue weighted by Gasteiger charge is -2.43. The minimum Gasteiger partial charge on any atom is -0.298 e. The van der Waals surface area contributed by atoms with E-state index in [1.165, 1.54) is 122 Å². The lowest BCUT2D eigenvalue weighted by Crippen LogP contribution is -2.34. The Morgan fingerprint density at radius 2 is 0.875 bits per heavy atom. The number of fused-ring (bicyclic) bond motifs is 14. The monoisotopic (exact) mass is 610 g/mol. The quantitative estimate of drug-likeness (QED) is 0.167. The lowest BCUT2D eigenvalue weighted by molar-refractivity contribution is -0.119. The third-order valence-electron chi connectivity index (χ3n) is 13.6. The third kappa shape index (κ3) is 2.43. The lowest BCUT2D eigenvalue weighted by atomic mass is 9.57. The molecule has 224 valence electrons. The van der Waals surface area contributed by atoms with Gasteiger partial charge in [0.1, 0.15) is 0 Å². The van der Waals surface area contributed by atoms with Crippen LogP contribution in [0.15, 0.2) is 108 Å². The summed E-state index contributed by atoms with van der Waals surface area (Å²) in [6, 6.07) is 36.2. The number of hydrogen-bond acceptors (Lipinski definition) is 1. The summed E-state index contributed by atoms with van der Waals surface area (Å²) >= 11 is 0. The van der Waals surface area contributed by atoms with Crippen LogP contribution >= 0.6 is 0 Å². The molecule has 1 heteroatoms. The zero-order valence-corrected chi connectivity index (χ0v) is 26.9. The van der Waals surface area contributed by atoms with Crippen molar-refractivity contribution in [3.8, 4) is 22.3 Å². The molecule has 6 aromatic rings. The minimum atomic E-state index is -0.247. The van der Waals surface area contributed by atoms with Gasteiger partial charge in [0.05, 0.1) is 11.8 Å². The van der Waals surface area contributed by atoms with Crippen LogP contribution in [0.3, 0.4) is 0 Å². The number of carbonyl (C=O) groups excluding carboxylic acids is 1. The largest absolute Gasteiger partial charge is 0.298 e. The Hall–Kier alpha value is -5.27. The van der Waals surface area contributed by atoms with Crippen LogP contribution in [0.2, 0.25) is 0 Å². The summed E-state index contributed by atoms with van der Waals surface area (Å²) in [5, 5.41) is 2.82. The number of allylic oxidation sites excluding steroid dienone is 4. The number of ketones is 1. The van der Waals surface area contributed by atoms with Gasteiger partial charge < -0.3 is 0 Å². The van der Waals surface area contributed by atoms with Gasteiger partial charge in [-0.3, -0.25) is 4.79 Å². The van der Waals surface area contributed by atoms with Crippen LogP contribution < -0.4 is 0 Å². The van der Waals surface area contributed by atoms with Gasteiger partial charge in [-0.1, -0.05) is 97.1 Å². The van der Waals surface area contributed by atoms with E-state index in [-0.39, 0.29) is 23.7 Å². The van der Waals surface area contributed by atoms with E-state index in [9.17, 15) is 0 Å². The second kappa shape index (κ2) is 7.88. The summed E-state index contributed by atoms with van der Waals surface area (Å²) in [7, 11) is 0. The smallest absolute Gasteiger partial charge is 0.156 e. The van der Waals surface area contributed by atoms with Gasteiger partial charge in [-0.15, -0.1) is 0 Å². The Morgan fingerprint density at radius 1 is 0.458 bits per heavy atom. The van der Waals surface area contributed by atoms with Gasteiger partial charge in [0.2, 0.25) is 0 Å². The van der Waals surface area contributed by atoms with Gasteiger partial charge in [-0.25, -0.2) is 0 Å². The maximum Gasteiger partial charge on any atom is 0.156 e. The maximum atomic E-state index is 16.0. The number of aryl methyl sites for hydroxylation is 2. The molecule has 48 heavy (non-hydrogen) atoms. The number of rotatable bonds is 0. The highest BCUT2D eigenvalue weighted by Crippen LogP contribution is 2.70. The highest BCUT2D eigenvalue weighted by Gasteiger charge is 2.56. The minimum absolute atomic E-state index is 0.205. The van der Waals surface area contributed by atoms with Gasteiger partial charge in [-0.05, 0) is 149 Å². The topological polar surface area (TPSA) is 17.1 Å². The summed E-state index contributed by atoms with van der Waals surface area (Å²) < 4.78 is 0.